The largest absolute Gasteiger partial charge is 0.489 e. The summed E-state index contributed by atoms with van der Waals surface area (Å²) >= 11 is 0. The summed E-state index contributed by atoms with van der Waals surface area (Å²) in [6, 6.07) is 8.15. The minimum atomic E-state index is -0.805. The summed E-state index contributed by atoms with van der Waals surface area (Å²) in [6.45, 7) is -0.108. The number of ether oxygens (including phenoxy) is 1. The molecular weight excluding hydrogens is 255 g/mol. The molecule has 2 nitrogen and oxygen atoms in total. The fraction of sp³-hybridized carbons (Fsp3) is 0.143. The van der Waals surface area contributed by atoms with Crippen LogP contribution in [0.4, 0.5) is 13.2 Å². The van der Waals surface area contributed by atoms with Gasteiger partial charge < -0.3 is 10.5 Å². The van der Waals surface area contributed by atoms with Crippen molar-refractivity contribution in [2.24, 2.45) is 5.73 Å². The highest BCUT2D eigenvalue weighted by Crippen LogP contribution is 2.20. The minimum Gasteiger partial charge on any atom is -0.489 e. The second-order valence-corrected chi connectivity index (χ2v) is 4.01. The van der Waals surface area contributed by atoms with Gasteiger partial charge in [-0.15, -0.1) is 0 Å². The lowest BCUT2D eigenvalue weighted by atomic mass is 10.1. The van der Waals surface area contributed by atoms with E-state index < -0.39 is 23.5 Å². The normalized spacial score (nSPS) is 12.2. The van der Waals surface area contributed by atoms with Crippen molar-refractivity contribution >= 4 is 0 Å². The lowest BCUT2D eigenvalue weighted by Crippen LogP contribution is -2.20. The number of hydrogen-bond acceptors (Lipinski definition) is 2. The smallest absolute Gasteiger partial charge is 0.165 e. The highest BCUT2D eigenvalue weighted by molar-refractivity contribution is 5.25. The standard InChI is InChI=1S/C14H12F3NO/c15-9-5-6-10(12(17)7-9)13(18)8-19-14-4-2-1-3-11(14)16/h1-7,13H,8,18H2. The first-order chi connectivity index (χ1) is 9.08. The van der Waals surface area contributed by atoms with Crippen LogP contribution >= 0.6 is 0 Å². The van der Waals surface area contributed by atoms with Gasteiger partial charge in [0.15, 0.2) is 11.6 Å². The zero-order valence-corrected chi connectivity index (χ0v) is 9.95. The molecule has 2 aromatic carbocycles. The number of hydrogen-bond donors (Lipinski definition) is 1. The third-order valence-electron chi connectivity index (χ3n) is 2.62. The van der Waals surface area contributed by atoms with Gasteiger partial charge in [0, 0.05) is 11.6 Å². The molecule has 0 saturated heterocycles. The van der Waals surface area contributed by atoms with Crippen LogP contribution in [0.3, 0.4) is 0 Å². The van der Waals surface area contributed by atoms with Gasteiger partial charge in [-0.1, -0.05) is 18.2 Å². The molecule has 1 unspecified atom stereocenters. The Morgan fingerprint density at radius 3 is 2.42 bits per heavy atom. The molecule has 0 aromatic heterocycles. The van der Waals surface area contributed by atoms with E-state index in [9.17, 15) is 13.2 Å². The van der Waals surface area contributed by atoms with Crippen molar-refractivity contribution in [3.05, 3.63) is 65.5 Å². The van der Waals surface area contributed by atoms with Crippen LogP contribution in [-0.2, 0) is 0 Å². The molecule has 0 bridgehead atoms. The predicted octanol–water partition coefficient (Wildman–Crippen LogP) is 3.18. The van der Waals surface area contributed by atoms with E-state index in [1.165, 1.54) is 24.3 Å². The fourth-order valence-electron chi connectivity index (χ4n) is 1.63. The van der Waals surface area contributed by atoms with Crippen LogP contribution in [0.2, 0.25) is 0 Å². The van der Waals surface area contributed by atoms with Crippen LogP contribution in [-0.4, -0.2) is 6.61 Å². The molecule has 0 saturated carbocycles. The fourth-order valence-corrected chi connectivity index (χ4v) is 1.63. The van der Waals surface area contributed by atoms with Gasteiger partial charge in [0.05, 0.1) is 6.04 Å². The van der Waals surface area contributed by atoms with Gasteiger partial charge >= 0.3 is 0 Å². The van der Waals surface area contributed by atoms with Gasteiger partial charge in [0.25, 0.3) is 0 Å². The first kappa shape index (κ1) is 13.4. The first-order valence-corrected chi connectivity index (χ1v) is 5.66. The van der Waals surface area contributed by atoms with Crippen LogP contribution in [0, 0.1) is 17.5 Å². The van der Waals surface area contributed by atoms with Gasteiger partial charge in [0.2, 0.25) is 0 Å². The Kier molecular flexibility index (Phi) is 4.06. The van der Waals surface area contributed by atoms with Gasteiger partial charge in [-0.2, -0.15) is 0 Å². The topological polar surface area (TPSA) is 35.2 Å². The monoisotopic (exact) mass is 267 g/mol. The first-order valence-electron chi connectivity index (χ1n) is 5.66. The molecule has 0 aliphatic heterocycles. The molecule has 0 spiro atoms. The summed E-state index contributed by atoms with van der Waals surface area (Å²) < 4.78 is 44.7. The minimum absolute atomic E-state index is 0.0421. The van der Waals surface area contributed by atoms with Gasteiger partial charge in [-0.3, -0.25) is 0 Å². The quantitative estimate of drug-likeness (QED) is 0.923. The maximum Gasteiger partial charge on any atom is 0.165 e. The van der Waals surface area contributed by atoms with Crippen LogP contribution < -0.4 is 10.5 Å². The van der Waals surface area contributed by atoms with Gasteiger partial charge in [0.1, 0.15) is 18.2 Å². The van der Waals surface area contributed by atoms with Crippen molar-refractivity contribution < 1.29 is 17.9 Å². The SMILES string of the molecule is NC(COc1ccccc1F)c1ccc(F)cc1F. The van der Waals surface area contributed by atoms with Crippen molar-refractivity contribution in [1.82, 2.24) is 0 Å². The second-order valence-electron chi connectivity index (χ2n) is 4.01. The van der Waals surface area contributed by atoms with E-state index in [1.807, 2.05) is 0 Å². The molecule has 0 amide bonds. The molecule has 2 rings (SSSR count). The van der Waals surface area contributed by atoms with Crippen molar-refractivity contribution in [2.75, 3.05) is 6.61 Å². The van der Waals surface area contributed by atoms with E-state index in [-0.39, 0.29) is 17.9 Å². The average molecular weight is 267 g/mol. The molecule has 0 aliphatic carbocycles. The Bertz CT molecular complexity index is 574. The van der Waals surface area contributed by atoms with E-state index in [2.05, 4.69) is 0 Å². The Hall–Kier alpha value is -2.01. The summed E-state index contributed by atoms with van der Waals surface area (Å²) in [6.07, 6.45) is 0. The third-order valence-corrected chi connectivity index (χ3v) is 2.62. The lowest BCUT2D eigenvalue weighted by Gasteiger charge is -2.14. The molecule has 0 fully saturated rings. The Morgan fingerprint density at radius 2 is 1.74 bits per heavy atom. The summed E-state index contributed by atoms with van der Waals surface area (Å²) in [5.74, 6) is -1.90. The number of para-hydroxylation sites is 1. The Morgan fingerprint density at radius 1 is 1.00 bits per heavy atom. The van der Waals surface area contributed by atoms with E-state index in [1.54, 1.807) is 6.07 Å². The van der Waals surface area contributed by atoms with Crippen molar-refractivity contribution in [3.63, 3.8) is 0 Å². The summed E-state index contributed by atoms with van der Waals surface area (Å²) in [4.78, 5) is 0. The summed E-state index contributed by atoms with van der Waals surface area (Å²) in [5, 5.41) is 0. The summed E-state index contributed by atoms with van der Waals surface area (Å²) in [5.41, 5.74) is 5.86. The Labute approximate surface area is 108 Å². The van der Waals surface area contributed by atoms with Crippen LogP contribution in [0.5, 0.6) is 5.75 Å². The van der Waals surface area contributed by atoms with E-state index in [0.29, 0.717) is 0 Å². The molecule has 2 N–H and O–H groups in total. The highest BCUT2D eigenvalue weighted by Gasteiger charge is 2.13. The number of nitrogens with two attached hydrogens (primary N) is 1. The molecular formula is C14H12F3NO. The molecule has 5 heteroatoms. The highest BCUT2D eigenvalue weighted by atomic mass is 19.1. The number of rotatable bonds is 4. The predicted molar refractivity (Wildman–Crippen MR) is 65.2 cm³/mol. The van der Waals surface area contributed by atoms with Gasteiger partial charge in [-0.25, -0.2) is 13.2 Å². The second kappa shape index (κ2) is 5.75. The van der Waals surface area contributed by atoms with Crippen molar-refractivity contribution in [3.8, 4) is 5.75 Å². The maximum atomic E-state index is 13.5. The van der Waals surface area contributed by atoms with E-state index >= 15 is 0 Å². The molecule has 100 valence electrons. The van der Waals surface area contributed by atoms with Crippen molar-refractivity contribution in [2.45, 2.75) is 6.04 Å². The molecule has 19 heavy (non-hydrogen) atoms. The van der Waals surface area contributed by atoms with Crippen LogP contribution in [0.25, 0.3) is 0 Å². The summed E-state index contributed by atoms with van der Waals surface area (Å²) in [7, 11) is 0. The number of benzene rings is 2. The van der Waals surface area contributed by atoms with Crippen LogP contribution in [0.1, 0.15) is 11.6 Å². The zero-order valence-electron chi connectivity index (χ0n) is 9.95. The Balaban J connectivity index is 2.05. The van der Waals surface area contributed by atoms with Crippen LogP contribution in [0.15, 0.2) is 42.5 Å². The molecule has 0 aliphatic rings. The van der Waals surface area contributed by atoms with Gasteiger partial charge in [-0.05, 0) is 18.2 Å². The lowest BCUT2D eigenvalue weighted by molar-refractivity contribution is 0.274. The number of halogens is 3. The average Bonchev–Trinajstić information content (AvgIpc) is 2.37. The molecule has 0 heterocycles. The molecule has 1 atom stereocenters. The van der Waals surface area contributed by atoms with E-state index in [4.69, 9.17) is 10.5 Å². The maximum absolute atomic E-state index is 13.5. The third kappa shape index (κ3) is 3.26. The molecule has 0 radical (unpaired) electrons. The van der Waals surface area contributed by atoms with E-state index in [0.717, 1.165) is 12.1 Å². The zero-order chi connectivity index (χ0) is 13.8. The molecule has 2 aromatic rings. The van der Waals surface area contributed by atoms with Crippen molar-refractivity contribution in [1.29, 1.82) is 0 Å².